The zero-order valence-corrected chi connectivity index (χ0v) is 18.7. The van der Waals surface area contributed by atoms with Crippen molar-refractivity contribution in [1.29, 1.82) is 0 Å². The third-order valence-corrected chi connectivity index (χ3v) is 7.31. The van der Waals surface area contributed by atoms with Gasteiger partial charge in [0.1, 0.15) is 5.75 Å². The average Bonchev–Trinajstić information content (AvgIpc) is 2.83. The topological polar surface area (TPSA) is 47.0 Å². The first kappa shape index (κ1) is 21.2. The van der Waals surface area contributed by atoms with Gasteiger partial charge in [-0.25, -0.2) is 0 Å². The van der Waals surface area contributed by atoms with E-state index < -0.39 is 0 Å². The lowest BCUT2D eigenvalue weighted by molar-refractivity contribution is -0.0850. The summed E-state index contributed by atoms with van der Waals surface area (Å²) in [6.45, 7) is 8.65. The van der Waals surface area contributed by atoms with Gasteiger partial charge in [0, 0.05) is 50.4 Å². The molecule has 2 aromatic carbocycles. The molecule has 0 aromatic heterocycles. The van der Waals surface area contributed by atoms with E-state index in [-0.39, 0.29) is 11.9 Å². The van der Waals surface area contributed by atoms with Gasteiger partial charge >= 0.3 is 0 Å². The van der Waals surface area contributed by atoms with Crippen LogP contribution in [-0.2, 0) is 0 Å². The summed E-state index contributed by atoms with van der Waals surface area (Å²) in [6, 6.07) is 16.9. The minimum atomic E-state index is 0.0795. The van der Waals surface area contributed by atoms with Gasteiger partial charge in [-0.15, -0.1) is 6.58 Å². The van der Waals surface area contributed by atoms with Gasteiger partial charge in [-0.1, -0.05) is 30.3 Å². The molecule has 1 N–H and O–H groups in total. The summed E-state index contributed by atoms with van der Waals surface area (Å²) < 4.78 is 0. The van der Waals surface area contributed by atoms with E-state index in [2.05, 4.69) is 34.6 Å². The molecule has 4 saturated heterocycles. The number of benzene rings is 2. The average molecular weight is 432 g/mol. The summed E-state index contributed by atoms with van der Waals surface area (Å²) in [4.78, 5) is 20.0. The molecular weight excluding hydrogens is 398 g/mol. The fraction of sp³-hybridized carbons (Fsp3) is 0.444. The molecule has 32 heavy (non-hydrogen) atoms. The lowest BCUT2D eigenvalue weighted by Gasteiger charge is -2.59. The Balaban J connectivity index is 1.41. The first-order valence-electron chi connectivity index (χ1n) is 11.9. The van der Waals surface area contributed by atoms with Crippen LogP contribution in [0.1, 0.15) is 53.2 Å². The molecule has 0 spiro atoms. The SMILES string of the molecule is C=CCN1CC2CC(C1)N2C(c1ccc(C(=O)N2CCCCC2)cc1)c1cccc(O)c1. The Bertz CT molecular complexity index is 955. The number of carbonyl (C=O) groups is 1. The summed E-state index contributed by atoms with van der Waals surface area (Å²) in [5.41, 5.74) is 3.05. The fourth-order valence-electron chi connectivity index (χ4n) is 5.80. The normalized spacial score (nSPS) is 24.6. The van der Waals surface area contributed by atoms with E-state index in [1.807, 2.05) is 35.2 Å². The Labute approximate surface area is 190 Å². The highest BCUT2D eigenvalue weighted by Gasteiger charge is 2.48. The van der Waals surface area contributed by atoms with Crippen molar-refractivity contribution in [2.45, 2.75) is 43.8 Å². The van der Waals surface area contributed by atoms with Crippen LogP contribution in [0.5, 0.6) is 5.75 Å². The largest absolute Gasteiger partial charge is 0.508 e. The molecule has 2 bridgehead atoms. The van der Waals surface area contributed by atoms with Crippen LogP contribution in [0, 0.1) is 0 Å². The van der Waals surface area contributed by atoms with Crippen molar-refractivity contribution in [3.8, 4) is 5.75 Å². The molecule has 2 aromatic rings. The van der Waals surface area contributed by atoms with Crippen LogP contribution < -0.4 is 0 Å². The van der Waals surface area contributed by atoms with E-state index in [0.29, 0.717) is 17.8 Å². The number of phenolic OH excluding ortho intramolecular Hbond substituents is 1. The highest BCUT2D eigenvalue weighted by atomic mass is 16.3. The number of rotatable bonds is 6. The molecule has 168 valence electrons. The van der Waals surface area contributed by atoms with Gasteiger partial charge in [0.2, 0.25) is 0 Å². The molecule has 5 nitrogen and oxygen atoms in total. The number of hydrogen-bond donors (Lipinski definition) is 1. The predicted molar refractivity (Wildman–Crippen MR) is 127 cm³/mol. The molecule has 0 saturated carbocycles. The van der Waals surface area contributed by atoms with Crippen molar-refractivity contribution in [3.63, 3.8) is 0 Å². The van der Waals surface area contributed by atoms with Crippen molar-refractivity contribution in [2.75, 3.05) is 32.7 Å². The van der Waals surface area contributed by atoms with E-state index in [4.69, 9.17) is 0 Å². The molecule has 4 fully saturated rings. The number of likely N-dealkylation sites (tertiary alicyclic amines) is 1. The van der Waals surface area contributed by atoms with Gasteiger partial charge in [0.15, 0.2) is 0 Å². The molecule has 0 aliphatic carbocycles. The van der Waals surface area contributed by atoms with Crippen LogP contribution in [0.15, 0.2) is 61.2 Å². The summed E-state index contributed by atoms with van der Waals surface area (Å²) in [5.74, 6) is 0.439. The lowest BCUT2D eigenvalue weighted by Crippen LogP contribution is -2.69. The quantitative estimate of drug-likeness (QED) is 0.701. The standard InChI is InChI=1S/C27H33N3O2/c1-2-13-28-18-23-17-24(19-28)30(23)26(22-7-6-8-25(31)16-22)20-9-11-21(12-10-20)27(32)29-14-4-3-5-15-29/h2,6-12,16,23-24,26,31H,1,3-5,13-15,17-19H2. The van der Waals surface area contributed by atoms with Gasteiger partial charge < -0.3 is 10.0 Å². The first-order valence-corrected chi connectivity index (χ1v) is 11.9. The van der Waals surface area contributed by atoms with Crippen LogP contribution in [-0.4, -0.2) is 70.5 Å². The van der Waals surface area contributed by atoms with Gasteiger partial charge in [-0.2, -0.15) is 0 Å². The van der Waals surface area contributed by atoms with Crippen molar-refractivity contribution in [2.24, 2.45) is 0 Å². The first-order chi connectivity index (χ1) is 15.6. The Hall–Kier alpha value is -2.63. The zero-order chi connectivity index (χ0) is 22.1. The molecule has 3 atom stereocenters. The van der Waals surface area contributed by atoms with E-state index >= 15 is 0 Å². The van der Waals surface area contributed by atoms with E-state index in [9.17, 15) is 9.90 Å². The van der Waals surface area contributed by atoms with E-state index in [0.717, 1.165) is 56.7 Å². The number of hydrogen-bond acceptors (Lipinski definition) is 4. The van der Waals surface area contributed by atoms with Gasteiger partial charge in [0.05, 0.1) is 6.04 Å². The smallest absolute Gasteiger partial charge is 0.253 e. The fourth-order valence-corrected chi connectivity index (χ4v) is 5.80. The number of nitrogens with zero attached hydrogens (tertiary/aromatic N) is 3. The molecule has 4 aliphatic heterocycles. The van der Waals surface area contributed by atoms with E-state index in [1.165, 1.54) is 18.4 Å². The van der Waals surface area contributed by atoms with Crippen LogP contribution in [0.2, 0.25) is 0 Å². The highest BCUT2D eigenvalue weighted by molar-refractivity contribution is 5.94. The molecule has 4 aliphatic rings. The number of aromatic hydroxyl groups is 1. The molecule has 3 unspecified atom stereocenters. The van der Waals surface area contributed by atoms with Crippen LogP contribution >= 0.6 is 0 Å². The molecule has 0 radical (unpaired) electrons. The van der Waals surface area contributed by atoms with Crippen molar-refractivity contribution < 1.29 is 9.90 Å². The molecule has 4 heterocycles. The second-order valence-electron chi connectivity index (χ2n) is 9.47. The Morgan fingerprint density at radius 2 is 1.75 bits per heavy atom. The number of phenols is 1. The Morgan fingerprint density at radius 3 is 2.41 bits per heavy atom. The van der Waals surface area contributed by atoms with Crippen molar-refractivity contribution in [3.05, 3.63) is 77.9 Å². The maximum atomic E-state index is 12.9. The summed E-state index contributed by atoms with van der Waals surface area (Å²) in [7, 11) is 0. The lowest BCUT2D eigenvalue weighted by atomic mass is 9.81. The second kappa shape index (κ2) is 9.08. The third kappa shape index (κ3) is 4.07. The Kier molecular flexibility index (Phi) is 6.03. The van der Waals surface area contributed by atoms with Gasteiger partial charge in [0.25, 0.3) is 5.91 Å². The molecule has 1 amide bonds. The summed E-state index contributed by atoms with van der Waals surface area (Å²) in [6.07, 6.45) is 6.62. The molecule has 6 rings (SSSR count). The second-order valence-corrected chi connectivity index (χ2v) is 9.47. The van der Waals surface area contributed by atoms with Gasteiger partial charge in [-0.3, -0.25) is 14.6 Å². The summed E-state index contributed by atoms with van der Waals surface area (Å²) >= 11 is 0. The minimum Gasteiger partial charge on any atom is -0.508 e. The predicted octanol–water partition coefficient (Wildman–Crippen LogP) is 4.05. The van der Waals surface area contributed by atoms with E-state index in [1.54, 1.807) is 6.07 Å². The molecular formula is C27H33N3O2. The van der Waals surface area contributed by atoms with Crippen molar-refractivity contribution in [1.82, 2.24) is 14.7 Å². The Morgan fingerprint density at radius 1 is 1.03 bits per heavy atom. The number of piperidine rings is 2. The number of carbonyl (C=O) groups excluding carboxylic acids is 1. The van der Waals surface area contributed by atoms with Crippen LogP contribution in [0.25, 0.3) is 0 Å². The molecule has 5 heteroatoms. The number of amides is 1. The van der Waals surface area contributed by atoms with Gasteiger partial charge in [-0.05, 0) is 61.1 Å². The minimum absolute atomic E-state index is 0.0795. The highest BCUT2D eigenvalue weighted by Crippen LogP contribution is 2.43. The maximum absolute atomic E-state index is 12.9. The number of fused-ring (bicyclic) bond motifs is 2. The number of piperazine rings is 1. The third-order valence-electron chi connectivity index (χ3n) is 7.31. The van der Waals surface area contributed by atoms with Crippen LogP contribution in [0.4, 0.5) is 0 Å². The zero-order valence-electron chi connectivity index (χ0n) is 18.7. The maximum Gasteiger partial charge on any atom is 0.253 e. The summed E-state index contributed by atoms with van der Waals surface area (Å²) in [5, 5.41) is 10.2. The monoisotopic (exact) mass is 431 g/mol. The van der Waals surface area contributed by atoms with Crippen molar-refractivity contribution >= 4 is 5.91 Å². The van der Waals surface area contributed by atoms with Crippen LogP contribution in [0.3, 0.4) is 0 Å².